The Bertz CT molecular complexity index is 436. The number of rotatable bonds is 3. The average Bonchev–Trinajstić information content (AvgIpc) is 2.45. The van der Waals surface area contributed by atoms with Crippen molar-refractivity contribution in [2.45, 2.75) is 19.4 Å². The monoisotopic (exact) mass is 262 g/mol. The summed E-state index contributed by atoms with van der Waals surface area (Å²) in [5, 5.41) is 3.47. The van der Waals surface area contributed by atoms with E-state index in [1.165, 1.54) is 5.56 Å². The van der Waals surface area contributed by atoms with Crippen LogP contribution in [0.25, 0.3) is 0 Å². The third-order valence-corrected chi connectivity index (χ3v) is 3.78. The molecule has 0 aliphatic carbocycles. The normalized spacial score (nSPS) is 23.3. The maximum atomic E-state index is 5.62. The lowest BCUT2D eigenvalue weighted by Gasteiger charge is -2.31. The zero-order valence-electron chi connectivity index (χ0n) is 11.5. The van der Waals surface area contributed by atoms with Gasteiger partial charge in [-0.2, -0.15) is 0 Å². The maximum Gasteiger partial charge on any atom is 0.161 e. The topological polar surface area (TPSA) is 33.7 Å². The second-order valence-electron chi connectivity index (χ2n) is 5.38. The Balaban J connectivity index is 1.57. The van der Waals surface area contributed by atoms with Gasteiger partial charge in [0, 0.05) is 32.2 Å². The second-order valence-corrected chi connectivity index (χ2v) is 5.38. The summed E-state index contributed by atoms with van der Waals surface area (Å²) in [6.45, 7) is 8.07. The number of nitrogens with zero attached hydrogens (tertiary/aromatic N) is 1. The standard InChI is InChI=1S/C15H22N2O2/c1-12-11-17(7-5-16-12)6-4-13-2-3-14-15(10-13)19-9-8-18-14/h2-3,10,12,16H,4-9,11H2,1H3. The van der Waals surface area contributed by atoms with Crippen LogP contribution in [0.1, 0.15) is 12.5 Å². The molecule has 1 atom stereocenters. The zero-order valence-corrected chi connectivity index (χ0v) is 11.5. The fourth-order valence-corrected chi connectivity index (χ4v) is 2.75. The first-order chi connectivity index (χ1) is 9.31. The lowest BCUT2D eigenvalue weighted by atomic mass is 10.1. The lowest BCUT2D eigenvalue weighted by Crippen LogP contribution is -2.49. The van der Waals surface area contributed by atoms with Gasteiger partial charge in [0.1, 0.15) is 13.2 Å². The zero-order chi connectivity index (χ0) is 13.1. The van der Waals surface area contributed by atoms with E-state index in [0.29, 0.717) is 19.3 Å². The molecule has 2 aliphatic heterocycles. The highest BCUT2D eigenvalue weighted by Crippen LogP contribution is 2.30. The summed E-state index contributed by atoms with van der Waals surface area (Å²) in [5.74, 6) is 1.78. The van der Waals surface area contributed by atoms with Gasteiger partial charge in [-0.15, -0.1) is 0 Å². The summed E-state index contributed by atoms with van der Waals surface area (Å²) >= 11 is 0. The third kappa shape index (κ3) is 3.19. The Morgan fingerprint density at radius 3 is 2.95 bits per heavy atom. The second kappa shape index (κ2) is 5.80. The fourth-order valence-electron chi connectivity index (χ4n) is 2.75. The smallest absolute Gasteiger partial charge is 0.161 e. The average molecular weight is 262 g/mol. The SMILES string of the molecule is CC1CN(CCc2ccc3c(c2)OCCO3)CCN1. The molecule has 4 nitrogen and oxygen atoms in total. The minimum atomic E-state index is 0.606. The van der Waals surface area contributed by atoms with Gasteiger partial charge in [-0.1, -0.05) is 6.07 Å². The van der Waals surface area contributed by atoms with Crippen LogP contribution in [0.2, 0.25) is 0 Å². The fraction of sp³-hybridized carbons (Fsp3) is 0.600. The molecule has 1 aromatic carbocycles. The Morgan fingerprint density at radius 1 is 1.26 bits per heavy atom. The predicted molar refractivity (Wildman–Crippen MR) is 75.0 cm³/mol. The molecule has 0 aromatic heterocycles. The number of fused-ring (bicyclic) bond motifs is 1. The first-order valence-electron chi connectivity index (χ1n) is 7.15. The number of ether oxygens (including phenoxy) is 2. The quantitative estimate of drug-likeness (QED) is 0.890. The highest BCUT2D eigenvalue weighted by Gasteiger charge is 2.16. The molecule has 1 saturated heterocycles. The van der Waals surface area contributed by atoms with Crippen molar-refractivity contribution >= 4 is 0 Å². The van der Waals surface area contributed by atoms with E-state index in [2.05, 4.69) is 29.3 Å². The number of nitrogens with one attached hydrogen (secondary N) is 1. The molecule has 2 aliphatic rings. The van der Waals surface area contributed by atoms with Crippen molar-refractivity contribution in [3.8, 4) is 11.5 Å². The Morgan fingerprint density at radius 2 is 2.11 bits per heavy atom. The van der Waals surface area contributed by atoms with Crippen LogP contribution in [0.15, 0.2) is 18.2 Å². The molecular formula is C15H22N2O2. The van der Waals surface area contributed by atoms with Crippen LogP contribution < -0.4 is 14.8 Å². The van der Waals surface area contributed by atoms with Crippen LogP contribution in [0.5, 0.6) is 11.5 Å². The molecule has 1 aromatic rings. The molecule has 2 heterocycles. The Hall–Kier alpha value is -1.26. The maximum absolute atomic E-state index is 5.62. The molecule has 19 heavy (non-hydrogen) atoms. The van der Waals surface area contributed by atoms with E-state index < -0.39 is 0 Å². The van der Waals surface area contributed by atoms with Gasteiger partial charge in [-0.05, 0) is 31.0 Å². The van der Waals surface area contributed by atoms with E-state index in [9.17, 15) is 0 Å². The molecule has 1 fully saturated rings. The van der Waals surface area contributed by atoms with Crippen LogP contribution in [0, 0.1) is 0 Å². The largest absolute Gasteiger partial charge is 0.486 e. The van der Waals surface area contributed by atoms with Crippen molar-refractivity contribution in [2.75, 3.05) is 39.4 Å². The molecule has 104 valence electrons. The van der Waals surface area contributed by atoms with Gasteiger partial charge in [0.05, 0.1) is 0 Å². The van der Waals surface area contributed by atoms with Crippen molar-refractivity contribution in [2.24, 2.45) is 0 Å². The van der Waals surface area contributed by atoms with Gasteiger partial charge in [0.15, 0.2) is 11.5 Å². The number of hydrogen-bond donors (Lipinski definition) is 1. The van der Waals surface area contributed by atoms with Gasteiger partial charge in [0.25, 0.3) is 0 Å². The van der Waals surface area contributed by atoms with E-state index in [0.717, 1.165) is 44.1 Å². The van der Waals surface area contributed by atoms with E-state index in [1.54, 1.807) is 0 Å². The minimum Gasteiger partial charge on any atom is -0.486 e. The number of piperazine rings is 1. The van der Waals surface area contributed by atoms with Gasteiger partial charge in [-0.25, -0.2) is 0 Å². The molecule has 0 saturated carbocycles. The van der Waals surface area contributed by atoms with Crippen molar-refractivity contribution < 1.29 is 9.47 Å². The van der Waals surface area contributed by atoms with Crippen molar-refractivity contribution in [1.29, 1.82) is 0 Å². The summed E-state index contributed by atoms with van der Waals surface area (Å²) in [7, 11) is 0. The molecule has 0 radical (unpaired) electrons. The molecule has 0 bridgehead atoms. The number of benzene rings is 1. The van der Waals surface area contributed by atoms with Crippen molar-refractivity contribution in [1.82, 2.24) is 10.2 Å². The van der Waals surface area contributed by atoms with Crippen LogP contribution in [0.4, 0.5) is 0 Å². The van der Waals surface area contributed by atoms with Crippen LogP contribution in [0.3, 0.4) is 0 Å². The molecule has 4 heteroatoms. The molecule has 3 rings (SSSR count). The first-order valence-corrected chi connectivity index (χ1v) is 7.15. The van der Waals surface area contributed by atoms with Crippen LogP contribution >= 0.6 is 0 Å². The van der Waals surface area contributed by atoms with Gasteiger partial charge in [-0.3, -0.25) is 0 Å². The molecule has 0 amide bonds. The molecular weight excluding hydrogens is 240 g/mol. The van der Waals surface area contributed by atoms with E-state index in [4.69, 9.17) is 9.47 Å². The predicted octanol–water partition coefficient (Wildman–Crippen LogP) is 1.29. The van der Waals surface area contributed by atoms with E-state index in [1.807, 2.05) is 6.07 Å². The Labute approximate surface area is 114 Å². The summed E-state index contributed by atoms with van der Waals surface area (Å²) < 4.78 is 11.2. The highest BCUT2D eigenvalue weighted by atomic mass is 16.6. The van der Waals surface area contributed by atoms with E-state index >= 15 is 0 Å². The van der Waals surface area contributed by atoms with Crippen LogP contribution in [-0.4, -0.2) is 50.3 Å². The third-order valence-electron chi connectivity index (χ3n) is 3.78. The lowest BCUT2D eigenvalue weighted by molar-refractivity contribution is 0.171. The molecule has 1 unspecified atom stereocenters. The number of hydrogen-bond acceptors (Lipinski definition) is 4. The van der Waals surface area contributed by atoms with E-state index in [-0.39, 0.29) is 0 Å². The van der Waals surface area contributed by atoms with Crippen molar-refractivity contribution in [3.63, 3.8) is 0 Å². The van der Waals surface area contributed by atoms with Gasteiger partial charge >= 0.3 is 0 Å². The Kier molecular flexibility index (Phi) is 3.89. The minimum absolute atomic E-state index is 0.606. The van der Waals surface area contributed by atoms with Gasteiger partial charge in [0.2, 0.25) is 0 Å². The van der Waals surface area contributed by atoms with Gasteiger partial charge < -0.3 is 19.7 Å². The first kappa shape index (κ1) is 12.8. The summed E-state index contributed by atoms with van der Waals surface area (Å²) in [6, 6.07) is 6.91. The molecule has 0 spiro atoms. The highest BCUT2D eigenvalue weighted by molar-refractivity contribution is 5.43. The molecule has 1 N–H and O–H groups in total. The summed E-state index contributed by atoms with van der Waals surface area (Å²) in [6.07, 6.45) is 1.07. The summed E-state index contributed by atoms with van der Waals surface area (Å²) in [4.78, 5) is 2.53. The summed E-state index contributed by atoms with van der Waals surface area (Å²) in [5.41, 5.74) is 1.33. The van der Waals surface area contributed by atoms with Crippen LogP contribution in [-0.2, 0) is 6.42 Å². The van der Waals surface area contributed by atoms with Crippen molar-refractivity contribution in [3.05, 3.63) is 23.8 Å².